The summed E-state index contributed by atoms with van der Waals surface area (Å²) in [6.45, 7) is 2.68. The summed E-state index contributed by atoms with van der Waals surface area (Å²) in [5.41, 5.74) is 0. The molecule has 1 fully saturated rings. The fraction of sp³-hybridized carbons (Fsp3) is 0.667. The van der Waals surface area contributed by atoms with Gasteiger partial charge in [0.2, 0.25) is 0 Å². The molecule has 0 unspecified atom stereocenters. The monoisotopic (exact) mass is 151 g/mol. The van der Waals surface area contributed by atoms with E-state index in [1.807, 2.05) is 6.92 Å². The van der Waals surface area contributed by atoms with E-state index < -0.39 is 0 Å². The van der Waals surface area contributed by atoms with Crippen LogP contribution in [0, 0.1) is 5.92 Å². The van der Waals surface area contributed by atoms with Crippen molar-refractivity contribution in [3.05, 3.63) is 5.92 Å². The second-order valence-electron chi connectivity index (χ2n) is 1.96. The van der Waals surface area contributed by atoms with Crippen molar-refractivity contribution < 1.29 is 56.2 Å². The molecular weight excluding hydrogens is 141 g/mol. The summed E-state index contributed by atoms with van der Waals surface area (Å²) in [5, 5.41) is 2.73. The molecule has 0 aromatic rings. The van der Waals surface area contributed by atoms with E-state index in [9.17, 15) is 4.79 Å². The zero-order valence-corrected chi connectivity index (χ0v) is 9.15. The van der Waals surface area contributed by atoms with E-state index in [1.165, 1.54) is 0 Å². The minimum Gasteiger partial charge on any atom is -0.381 e. The van der Waals surface area contributed by atoms with Crippen LogP contribution in [0.5, 0.6) is 0 Å². The molecule has 0 aromatic heterocycles. The first-order chi connectivity index (χ1) is 3.84. The molecule has 0 atom stereocenters. The van der Waals surface area contributed by atoms with Crippen molar-refractivity contribution in [2.24, 2.45) is 0 Å². The summed E-state index contributed by atoms with van der Waals surface area (Å²) in [6, 6.07) is 0. The Kier molecular flexibility index (Phi) is 5.25. The molecule has 0 aromatic carbocycles. The van der Waals surface area contributed by atoms with Gasteiger partial charge in [0.15, 0.2) is 0 Å². The normalized spacial score (nSPS) is 14.1. The Morgan fingerprint density at radius 2 is 2.22 bits per heavy atom. The third-order valence-electron chi connectivity index (χ3n) is 1.16. The summed E-state index contributed by atoms with van der Waals surface area (Å²) in [4.78, 5) is 10.7. The predicted molar refractivity (Wildman–Crippen MR) is 31.2 cm³/mol. The van der Waals surface area contributed by atoms with Gasteiger partial charge in [-0.3, -0.25) is 5.92 Å². The Labute approximate surface area is 98.2 Å². The standard InChI is InChI=1S/C6H10NO.K/c1-2-7-6(8)5-3-4-5;/h2-4H2,1H3,(H,7,8);/q-1;+1. The number of nitrogens with one attached hydrogen (secondary N) is 1. The molecule has 1 rings (SSSR count). The molecule has 46 valence electrons. The average Bonchev–Trinajstić information content (AvgIpc) is 2.45. The predicted octanol–water partition coefficient (Wildman–Crippen LogP) is -2.51. The zero-order chi connectivity index (χ0) is 5.98. The fourth-order valence-corrected chi connectivity index (χ4v) is 0.575. The Bertz CT molecular complexity index is 101. The van der Waals surface area contributed by atoms with Crippen molar-refractivity contribution in [3.63, 3.8) is 0 Å². The molecule has 1 amide bonds. The number of hydrogen-bond acceptors (Lipinski definition) is 1. The molecule has 0 spiro atoms. The third-order valence-corrected chi connectivity index (χ3v) is 1.16. The van der Waals surface area contributed by atoms with Gasteiger partial charge in [-0.15, -0.1) is 0 Å². The second-order valence-corrected chi connectivity index (χ2v) is 1.96. The number of rotatable bonds is 2. The Hall–Kier alpha value is 0.976. The van der Waals surface area contributed by atoms with Gasteiger partial charge in [-0.25, -0.2) is 0 Å². The van der Waals surface area contributed by atoms with Crippen LogP contribution in [0.15, 0.2) is 0 Å². The van der Waals surface area contributed by atoms with E-state index in [-0.39, 0.29) is 57.3 Å². The Morgan fingerprint density at radius 1 is 1.67 bits per heavy atom. The molecule has 3 heteroatoms. The first-order valence-electron chi connectivity index (χ1n) is 2.97. The number of carbonyl (C=O) groups is 1. The maximum atomic E-state index is 10.7. The molecule has 1 aliphatic carbocycles. The Morgan fingerprint density at radius 3 is 2.56 bits per heavy atom. The van der Waals surface area contributed by atoms with Crippen LogP contribution >= 0.6 is 0 Å². The molecule has 0 bridgehead atoms. The van der Waals surface area contributed by atoms with Crippen LogP contribution in [0.25, 0.3) is 0 Å². The molecule has 0 aliphatic heterocycles. The molecule has 0 saturated heterocycles. The van der Waals surface area contributed by atoms with Gasteiger partial charge in [0.1, 0.15) is 0 Å². The molecule has 2 nitrogen and oxygen atoms in total. The largest absolute Gasteiger partial charge is 1.00 e. The fourth-order valence-electron chi connectivity index (χ4n) is 0.575. The smallest absolute Gasteiger partial charge is 0.381 e. The van der Waals surface area contributed by atoms with Gasteiger partial charge in [0.05, 0.1) is 5.91 Å². The van der Waals surface area contributed by atoms with Gasteiger partial charge in [-0.2, -0.15) is 12.8 Å². The zero-order valence-electron chi connectivity index (χ0n) is 6.03. The van der Waals surface area contributed by atoms with E-state index >= 15 is 0 Å². The second kappa shape index (κ2) is 4.74. The van der Waals surface area contributed by atoms with Crippen LogP contribution in [-0.4, -0.2) is 12.5 Å². The van der Waals surface area contributed by atoms with Crippen LogP contribution in [0.2, 0.25) is 0 Å². The van der Waals surface area contributed by atoms with E-state index in [4.69, 9.17) is 0 Å². The maximum Gasteiger partial charge on any atom is 1.00 e. The van der Waals surface area contributed by atoms with E-state index in [0.29, 0.717) is 0 Å². The third kappa shape index (κ3) is 3.63. The van der Waals surface area contributed by atoms with Crippen molar-refractivity contribution in [2.75, 3.05) is 6.54 Å². The maximum absolute atomic E-state index is 10.7. The summed E-state index contributed by atoms with van der Waals surface area (Å²) < 4.78 is 0. The van der Waals surface area contributed by atoms with E-state index in [1.54, 1.807) is 0 Å². The summed E-state index contributed by atoms with van der Waals surface area (Å²) in [6.07, 6.45) is 2.04. The van der Waals surface area contributed by atoms with Crippen LogP contribution in [0.1, 0.15) is 19.8 Å². The van der Waals surface area contributed by atoms with Crippen molar-refractivity contribution in [1.82, 2.24) is 5.32 Å². The van der Waals surface area contributed by atoms with Gasteiger partial charge in [0.25, 0.3) is 0 Å². The van der Waals surface area contributed by atoms with Gasteiger partial charge >= 0.3 is 51.4 Å². The molecular formula is C6H10KNO. The first-order valence-corrected chi connectivity index (χ1v) is 2.97. The van der Waals surface area contributed by atoms with Gasteiger partial charge in [-0.05, 0) is 6.92 Å². The van der Waals surface area contributed by atoms with Crippen LogP contribution in [0.4, 0.5) is 0 Å². The molecule has 9 heavy (non-hydrogen) atoms. The SMILES string of the molecule is CCNC(=O)[C-]1CC1.[K+]. The van der Waals surface area contributed by atoms with Crippen LogP contribution in [-0.2, 0) is 4.79 Å². The van der Waals surface area contributed by atoms with Gasteiger partial charge in [-0.1, -0.05) is 0 Å². The van der Waals surface area contributed by atoms with Crippen molar-refractivity contribution >= 4 is 5.91 Å². The minimum absolute atomic E-state index is 0. The van der Waals surface area contributed by atoms with Crippen LogP contribution < -0.4 is 56.7 Å². The molecule has 0 radical (unpaired) electrons. The summed E-state index contributed by atoms with van der Waals surface area (Å²) in [5.74, 6) is 1.22. The van der Waals surface area contributed by atoms with E-state index in [2.05, 4.69) is 5.32 Å². The van der Waals surface area contributed by atoms with Gasteiger partial charge in [0, 0.05) is 6.54 Å². The molecule has 1 N–H and O–H groups in total. The van der Waals surface area contributed by atoms with Crippen LogP contribution in [0.3, 0.4) is 0 Å². The van der Waals surface area contributed by atoms with Crippen molar-refractivity contribution in [2.45, 2.75) is 19.8 Å². The van der Waals surface area contributed by atoms with Crippen molar-refractivity contribution in [3.8, 4) is 0 Å². The number of carbonyl (C=O) groups excluding carboxylic acids is 1. The molecule has 0 heterocycles. The first kappa shape index (κ1) is 9.98. The number of amides is 1. The molecule has 1 saturated carbocycles. The van der Waals surface area contributed by atoms with Gasteiger partial charge < -0.3 is 10.1 Å². The Balaban J connectivity index is 0.000000640. The van der Waals surface area contributed by atoms with Crippen molar-refractivity contribution in [1.29, 1.82) is 0 Å². The minimum atomic E-state index is 0. The average molecular weight is 151 g/mol. The van der Waals surface area contributed by atoms with E-state index in [0.717, 1.165) is 25.3 Å². The number of hydrogen-bond donors (Lipinski definition) is 1. The molecule has 1 aliphatic rings. The summed E-state index contributed by atoms with van der Waals surface area (Å²) >= 11 is 0. The summed E-state index contributed by atoms with van der Waals surface area (Å²) in [7, 11) is 0. The quantitative estimate of drug-likeness (QED) is 0.343. The topological polar surface area (TPSA) is 29.1 Å².